The molecule has 0 unspecified atom stereocenters. The number of halogens is 2. The molecule has 1 aromatic heterocycles. The Kier molecular flexibility index (Phi) is 5.15. The van der Waals surface area contributed by atoms with Crippen molar-refractivity contribution in [1.29, 1.82) is 0 Å². The van der Waals surface area contributed by atoms with Crippen molar-refractivity contribution in [1.82, 2.24) is 4.57 Å². The molecular formula is C18H16F2N2OS. The van der Waals surface area contributed by atoms with E-state index >= 15 is 0 Å². The van der Waals surface area contributed by atoms with E-state index in [1.54, 1.807) is 24.3 Å². The Hall–Kier alpha value is -2.34. The average Bonchev–Trinajstić information content (AvgIpc) is 2.98. The molecule has 2 aromatic carbocycles. The zero-order valence-corrected chi connectivity index (χ0v) is 13.6. The lowest BCUT2D eigenvalue weighted by atomic mass is 10.2. The lowest BCUT2D eigenvalue weighted by molar-refractivity contribution is -0.116. The van der Waals surface area contributed by atoms with E-state index in [-0.39, 0.29) is 12.3 Å². The van der Waals surface area contributed by atoms with Crippen LogP contribution < -0.4 is 5.32 Å². The lowest BCUT2D eigenvalue weighted by Crippen LogP contribution is -2.14. The summed E-state index contributed by atoms with van der Waals surface area (Å²) in [7, 11) is 0. The number of aromatic nitrogens is 1. The number of para-hydroxylation sites is 2. The quantitative estimate of drug-likeness (QED) is 0.638. The van der Waals surface area contributed by atoms with E-state index in [0.717, 1.165) is 10.9 Å². The SMILES string of the molecule is O=C(CCn1ccc2ccccc21)Nc1ccccc1SC(F)F. The van der Waals surface area contributed by atoms with E-state index in [0.29, 0.717) is 28.9 Å². The highest BCUT2D eigenvalue weighted by Crippen LogP contribution is 2.31. The summed E-state index contributed by atoms with van der Waals surface area (Å²) in [5.74, 6) is -2.72. The molecule has 0 saturated heterocycles. The Balaban J connectivity index is 1.64. The molecular weight excluding hydrogens is 330 g/mol. The number of rotatable bonds is 6. The van der Waals surface area contributed by atoms with Gasteiger partial charge in [-0.25, -0.2) is 0 Å². The zero-order valence-electron chi connectivity index (χ0n) is 12.8. The van der Waals surface area contributed by atoms with Crippen molar-refractivity contribution in [3.8, 4) is 0 Å². The van der Waals surface area contributed by atoms with Crippen LogP contribution in [0.1, 0.15) is 6.42 Å². The van der Waals surface area contributed by atoms with E-state index in [4.69, 9.17) is 0 Å². The van der Waals surface area contributed by atoms with Gasteiger partial charge in [-0.1, -0.05) is 42.1 Å². The standard InChI is InChI=1S/C18H16F2N2OS/c19-18(20)24-16-8-4-2-6-14(16)21-17(23)10-12-22-11-9-13-5-1-3-7-15(13)22/h1-9,11,18H,10,12H2,(H,21,23). The van der Waals surface area contributed by atoms with Crippen molar-refractivity contribution in [3.63, 3.8) is 0 Å². The van der Waals surface area contributed by atoms with Crippen LogP contribution in [-0.2, 0) is 11.3 Å². The predicted octanol–water partition coefficient (Wildman–Crippen LogP) is 4.98. The monoisotopic (exact) mass is 346 g/mol. The molecule has 0 aliphatic heterocycles. The van der Waals surface area contributed by atoms with Crippen molar-refractivity contribution in [3.05, 3.63) is 60.8 Å². The first-order valence-corrected chi connectivity index (χ1v) is 8.39. The van der Waals surface area contributed by atoms with Gasteiger partial charge in [0.1, 0.15) is 0 Å². The molecule has 0 spiro atoms. The summed E-state index contributed by atoms with van der Waals surface area (Å²) >= 11 is 0.431. The summed E-state index contributed by atoms with van der Waals surface area (Å²) in [6.07, 6.45) is 2.21. The van der Waals surface area contributed by atoms with Gasteiger partial charge in [-0.3, -0.25) is 4.79 Å². The van der Waals surface area contributed by atoms with Gasteiger partial charge in [0.25, 0.3) is 5.76 Å². The second-order valence-corrected chi connectivity index (χ2v) is 6.27. The van der Waals surface area contributed by atoms with Crippen molar-refractivity contribution < 1.29 is 13.6 Å². The first-order valence-electron chi connectivity index (χ1n) is 7.51. The number of fused-ring (bicyclic) bond motifs is 1. The number of carbonyl (C=O) groups excluding carboxylic acids is 1. The topological polar surface area (TPSA) is 34.0 Å². The zero-order chi connectivity index (χ0) is 16.9. The minimum absolute atomic E-state index is 0.199. The highest BCUT2D eigenvalue weighted by atomic mass is 32.2. The first-order chi connectivity index (χ1) is 11.6. The Morgan fingerprint density at radius 1 is 1.08 bits per heavy atom. The number of nitrogens with zero attached hydrogens (tertiary/aromatic N) is 1. The van der Waals surface area contributed by atoms with Gasteiger partial charge in [0.05, 0.1) is 5.69 Å². The van der Waals surface area contributed by atoms with Gasteiger partial charge < -0.3 is 9.88 Å². The minimum atomic E-state index is -2.52. The number of amides is 1. The van der Waals surface area contributed by atoms with Crippen LogP contribution in [0, 0.1) is 0 Å². The van der Waals surface area contributed by atoms with E-state index in [9.17, 15) is 13.6 Å². The molecule has 3 nitrogen and oxygen atoms in total. The number of benzene rings is 2. The molecule has 0 aliphatic carbocycles. The van der Waals surface area contributed by atoms with Crippen LogP contribution in [0.2, 0.25) is 0 Å². The summed E-state index contributed by atoms with van der Waals surface area (Å²) in [6.45, 7) is 0.531. The fourth-order valence-electron chi connectivity index (χ4n) is 2.54. The molecule has 0 atom stereocenters. The van der Waals surface area contributed by atoms with Crippen molar-refractivity contribution in [2.75, 3.05) is 5.32 Å². The molecule has 0 aliphatic rings. The van der Waals surface area contributed by atoms with Gasteiger partial charge in [-0.2, -0.15) is 8.78 Å². The molecule has 0 radical (unpaired) electrons. The van der Waals surface area contributed by atoms with Crippen molar-refractivity contribution in [2.24, 2.45) is 0 Å². The van der Waals surface area contributed by atoms with Crippen LogP contribution >= 0.6 is 11.8 Å². The smallest absolute Gasteiger partial charge is 0.288 e. The number of alkyl halides is 2. The third-order valence-electron chi connectivity index (χ3n) is 3.64. The van der Waals surface area contributed by atoms with Gasteiger partial charge >= 0.3 is 0 Å². The fraction of sp³-hybridized carbons (Fsp3) is 0.167. The third-order valence-corrected chi connectivity index (χ3v) is 4.43. The maximum absolute atomic E-state index is 12.6. The van der Waals surface area contributed by atoms with E-state index in [1.165, 1.54) is 0 Å². The van der Waals surface area contributed by atoms with Crippen LogP contribution in [0.25, 0.3) is 10.9 Å². The van der Waals surface area contributed by atoms with E-state index in [1.807, 2.05) is 41.1 Å². The molecule has 1 N–H and O–H groups in total. The number of hydrogen-bond acceptors (Lipinski definition) is 2. The molecule has 24 heavy (non-hydrogen) atoms. The minimum Gasteiger partial charge on any atom is -0.347 e. The number of anilines is 1. The molecule has 1 amide bonds. The molecule has 3 aromatic rings. The van der Waals surface area contributed by atoms with Crippen molar-refractivity contribution >= 4 is 34.3 Å². The first kappa shape index (κ1) is 16.5. The molecule has 0 bridgehead atoms. The molecule has 1 heterocycles. The fourth-order valence-corrected chi connectivity index (χ4v) is 3.13. The average molecular weight is 346 g/mol. The maximum Gasteiger partial charge on any atom is 0.288 e. The molecule has 3 rings (SSSR count). The molecule has 124 valence electrons. The maximum atomic E-state index is 12.6. The largest absolute Gasteiger partial charge is 0.347 e. The molecule has 0 saturated carbocycles. The van der Waals surface area contributed by atoms with Crippen molar-refractivity contribution in [2.45, 2.75) is 23.6 Å². The van der Waals surface area contributed by atoms with Gasteiger partial charge in [0, 0.05) is 29.6 Å². The Bertz CT molecular complexity index is 848. The number of thioether (sulfide) groups is 1. The number of carbonyl (C=O) groups is 1. The predicted molar refractivity (Wildman–Crippen MR) is 93.5 cm³/mol. The third kappa shape index (κ3) is 3.94. The number of aryl methyl sites for hydroxylation is 1. The van der Waals surface area contributed by atoms with Crippen LogP contribution in [0.5, 0.6) is 0 Å². The highest BCUT2D eigenvalue weighted by molar-refractivity contribution is 7.99. The molecule has 0 fully saturated rings. The summed E-state index contributed by atoms with van der Waals surface area (Å²) in [5, 5.41) is 3.84. The molecule has 6 heteroatoms. The Labute approximate surface area is 142 Å². The second-order valence-electron chi connectivity index (χ2n) is 5.24. The number of nitrogens with one attached hydrogen (secondary N) is 1. The van der Waals surface area contributed by atoms with E-state index in [2.05, 4.69) is 5.32 Å². The highest BCUT2D eigenvalue weighted by Gasteiger charge is 2.12. The lowest BCUT2D eigenvalue weighted by Gasteiger charge is -2.11. The van der Waals surface area contributed by atoms with Gasteiger partial charge in [0.2, 0.25) is 5.91 Å². The summed E-state index contributed by atoms with van der Waals surface area (Å²) in [5.41, 5.74) is 1.49. The normalized spacial score (nSPS) is 11.1. The van der Waals surface area contributed by atoms with Gasteiger partial charge in [-0.05, 0) is 29.7 Å². The summed E-state index contributed by atoms with van der Waals surface area (Å²) in [6, 6.07) is 16.5. The van der Waals surface area contributed by atoms with Gasteiger partial charge in [-0.15, -0.1) is 0 Å². The Morgan fingerprint density at radius 3 is 2.67 bits per heavy atom. The van der Waals surface area contributed by atoms with Crippen LogP contribution in [0.15, 0.2) is 65.7 Å². The van der Waals surface area contributed by atoms with E-state index < -0.39 is 5.76 Å². The summed E-state index contributed by atoms with van der Waals surface area (Å²) < 4.78 is 27.1. The van der Waals surface area contributed by atoms with Gasteiger partial charge in [0.15, 0.2) is 0 Å². The van der Waals surface area contributed by atoms with Crippen LogP contribution in [0.4, 0.5) is 14.5 Å². The Morgan fingerprint density at radius 2 is 1.83 bits per heavy atom. The number of hydrogen-bond donors (Lipinski definition) is 1. The summed E-state index contributed by atoms with van der Waals surface area (Å²) in [4.78, 5) is 12.5. The van der Waals surface area contributed by atoms with Crippen LogP contribution in [-0.4, -0.2) is 16.2 Å². The second kappa shape index (κ2) is 7.49. The van der Waals surface area contributed by atoms with Crippen LogP contribution in [0.3, 0.4) is 0 Å².